The second kappa shape index (κ2) is 7.57. The molecule has 0 aliphatic heterocycles. The molecule has 0 heterocycles. The maximum atomic E-state index is 11.2. The zero-order valence-electron chi connectivity index (χ0n) is 9.31. The summed E-state index contributed by atoms with van der Waals surface area (Å²) in [6.07, 6.45) is -0.501. The van der Waals surface area contributed by atoms with E-state index in [1.54, 1.807) is 0 Å². The van der Waals surface area contributed by atoms with E-state index < -0.39 is 20.7 Å². The molecule has 0 aliphatic carbocycles. The molecule has 0 rings (SSSR count). The largest absolute Gasteiger partial charge is 0.354 e. The first-order chi connectivity index (χ1) is 7.99. The van der Waals surface area contributed by atoms with Gasteiger partial charge in [-0.05, 0) is 0 Å². The molecule has 106 valence electrons. The van der Waals surface area contributed by atoms with Crippen molar-refractivity contribution in [2.45, 2.75) is 21.8 Å². The minimum atomic E-state index is -1.61. The van der Waals surface area contributed by atoms with E-state index in [1.807, 2.05) is 0 Å². The summed E-state index contributed by atoms with van der Waals surface area (Å²) in [6, 6.07) is 0. The molecule has 2 amide bonds. The molecular weight excluding hydrogens is 326 g/mol. The molecule has 0 atom stereocenters. The van der Waals surface area contributed by atoms with Crippen LogP contribution in [0.3, 0.4) is 0 Å². The summed E-state index contributed by atoms with van der Waals surface area (Å²) in [6.45, 7) is 0.382. The Hall–Kier alpha value is 0.0200. The number of amides is 2. The third kappa shape index (κ3) is 12.5. The minimum Gasteiger partial charge on any atom is -0.354 e. The van der Waals surface area contributed by atoms with Gasteiger partial charge < -0.3 is 10.6 Å². The lowest BCUT2D eigenvalue weighted by Crippen LogP contribution is -2.40. The first kappa shape index (κ1) is 18.0. The molecule has 10 heteroatoms. The van der Waals surface area contributed by atoms with Crippen LogP contribution in [0.15, 0.2) is 0 Å². The van der Waals surface area contributed by atoms with Crippen LogP contribution in [0.2, 0.25) is 0 Å². The second-order valence-electron chi connectivity index (χ2n) is 3.58. The summed E-state index contributed by atoms with van der Waals surface area (Å²) in [4.78, 5) is 22.4. The predicted octanol–water partition coefficient (Wildman–Crippen LogP) is 0.179. The summed E-state index contributed by atoms with van der Waals surface area (Å²) in [5.74, 6) is -0.862. The van der Waals surface area contributed by atoms with Crippen LogP contribution in [0.4, 0.5) is 0 Å². The Morgan fingerprint density at radius 2 is 1.11 bits per heavy atom. The second-order valence-corrected chi connectivity index (χ2v) is 6.66. The van der Waals surface area contributed by atoms with Gasteiger partial charge in [0.15, 0.2) is 8.91 Å². The van der Waals surface area contributed by atoms with Crippen molar-refractivity contribution < 1.29 is 9.59 Å². The maximum absolute atomic E-state index is 11.2. The Morgan fingerprint density at radius 1 is 0.833 bits per heavy atom. The third-order valence-electron chi connectivity index (χ3n) is 1.56. The van der Waals surface area contributed by atoms with E-state index in [1.165, 1.54) is 0 Å². The van der Waals surface area contributed by atoms with Crippen molar-refractivity contribution in [2.75, 3.05) is 13.1 Å². The monoisotopic (exact) mass is 338 g/mol. The molecule has 18 heavy (non-hydrogen) atoms. The fourth-order valence-corrected chi connectivity index (χ4v) is 1.44. The summed E-state index contributed by atoms with van der Waals surface area (Å²) in [5.41, 5.74) is 10.4. The average molecular weight is 340 g/mol. The van der Waals surface area contributed by atoms with Gasteiger partial charge in [-0.2, -0.15) is 0 Å². The predicted molar refractivity (Wildman–Crippen MR) is 72.5 cm³/mol. The van der Waals surface area contributed by atoms with Gasteiger partial charge in [-0.3, -0.25) is 21.1 Å². The lowest BCUT2D eigenvalue weighted by Gasteiger charge is -2.14. The Bertz CT molecular complexity index is 270. The lowest BCUT2D eigenvalue weighted by atomic mass is 10.3. The van der Waals surface area contributed by atoms with Crippen LogP contribution in [-0.4, -0.2) is 33.8 Å². The Labute approximate surface area is 125 Å². The number of nitrogens with one attached hydrogen (secondary N) is 2. The fourth-order valence-electron chi connectivity index (χ4n) is 0.957. The van der Waals surface area contributed by atoms with Gasteiger partial charge in [0.2, 0.25) is 11.8 Å². The summed E-state index contributed by atoms with van der Waals surface area (Å²) >= 11 is 21.7. The Morgan fingerprint density at radius 3 is 1.33 bits per heavy atom. The van der Waals surface area contributed by atoms with E-state index in [0.29, 0.717) is 0 Å². The molecule has 0 bridgehead atoms. The van der Waals surface area contributed by atoms with Crippen LogP contribution >= 0.6 is 46.4 Å². The van der Waals surface area contributed by atoms with Gasteiger partial charge in [0.05, 0.1) is 12.8 Å². The number of halogens is 4. The van der Waals surface area contributed by atoms with Gasteiger partial charge >= 0.3 is 0 Å². The average Bonchev–Trinajstić information content (AvgIpc) is 2.06. The zero-order chi connectivity index (χ0) is 14.4. The maximum Gasteiger partial charge on any atom is 0.224 e. The van der Waals surface area contributed by atoms with Crippen molar-refractivity contribution in [2.24, 2.45) is 11.5 Å². The molecule has 0 aromatic carbocycles. The number of hydrogen-bond donors (Lipinski definition) is 4. The van der Waals surface area contributed by atoms with Crippen LogP contribution in [0.25, 0.3) is 0 Å². The first-order valence-electron chi connectivity index (χ1n) is 4.86. The van der Waals surface area contributed by atoms with Gasteiger partial charge in [-0.1, -0.05) is 46.4 Å². The molecule has 6 N–H and O–H groups in total. The standard InChI is InChI=1S/C8H14Cl4N4O2/c9-7(10,13)3-5(17)15-1-2-16-6(18)4-8(11,12)14/h1-4,13-14H2,(H,15,17)(H,16,18). The van der Waals surface area contributed by atoms with E-state index in [9.17, 15) is 9.59 Å². The van der Waals surface area contributed by atoms with Gasteiger partial charge in [0, 0.05) is 13.1 Å². The molecule has 0 aromatic heterocycles. The van der Waals surface area contributed by atoms with Gasteiger partial charge in [0.1, 0.15) is 0 Å². The summed E-state index contributed by atoms with van der Waals surface area (Å²) in [5, 5.41) is 4.92. The molecule has 0 unspecified atom stereocenters. The van der Waals surface area contributed by atoms with E-state index in [2.05, 4.69) is 10.6 Å². The van der Waals surface area contributed by atoms with Gasteiger partial charge in [-0.15, -0.1) is 0 Å². The molecule has 0 aliphatic rings. The van der Waals surface area contributed by atoms with Crippen LogP contribution < -0.4 is 22.1 Å². The molecule has 0 fully saturated rings. The lowest BCUT2D eigenvalue weighted by molar-refractivity contribution is -0.123. The topological polar surface area (TPSA) is 110 Å². The number of alkyl halides is 4. The smallest absolute Gasteiger partial charge is 0.224 e. The highest BCUT2D eigenvalue weighted by Gasteiger charge is 2.22. The van der Waals surface area contributed by atoms with E-state index in [-0.39, 0.29) is 25.9 Å². The highest BCUT2D eigenvalue weighted by atomic mass is 35.5. The quantitative estimate of drug-likeness (QED) is 0.301. The fraction of sp³-hybridized carbons (Fsp3) is 0.750. The van der Waals surface area contributed by atoms with E-state index in [4.69, 9.17) is 57.9 Å². The Balaban J connectivity index is 3.69. The zero-order valence-corrected chi connectivity index (χ0v) is 12.3. The van der Waals surface area contributed by atoms with Crippen molar-refractivity contribution in [1.82, 2.24) is 10.6 Å². The third-order valence-corrected chi connectivity index (χ3v) is 2.10. The summed E-state index contributed by atoms with van der Waals surface area (Å²) < 4.78 is -3.21. The molecule has 0 aromatic rings. The van der Waals surface area contributed by atoms with E-state index >= 15 is 0 Å². The molecule has 6 nitrogen and oxygen atoms in total. The number of nitrogens with two attached hydrogens (primary N) is 2. The van der Waals surface area contributed by atoms with E-state index in [0.717, 1.165) is 0 Å². The van der Waals surface area contributed by atoms with Crippen molar-refractivity contribution in [3.8, 4) is 0 Å². The first-order valence-corrected chi connectivity index (χ1v) is 6.37. The number of rotatable bonds is 7. The van der Waals surface area contributed by atoms with Crippen LogP contribution in [-0.2, 0) is 9.59 Å². The van der Waals surface area contributed by atoms with Gasteiger partial charge in [-0.25, -0.2) is 0 Å². The van der Waals surface area contributed by atoms with Crippen LogP contribution in [0, 0.1) is 0 Å². The highest BCUT2D eigenvalue weighted by molar-refractivity contribution is 6.49. The van der Waals surface area contributed by atoms with Crippen molar-refractivity contribution in [1.29, 1.82) is 0 Å². The Kier molecular flexibility index (Phi) is 7.58. The van der Waals surface area contributed by atoms with Gasteiger partial charge in [0.25, 0.3) is 0 Å². The van der Waals surface area contributed by atoms with Crippen molar-refractivity contribution >= 4 is 58.2 Å². The van der Waals surface area contributed by atoms with Crippen LogP contribution in [0.1, 0.15) is 12.8 Å². The van der Waals surface area contributed by atoms with Crippen LogP contribution in [0.5, 0.6) is 0 Å². The molecular formula is C8H14Cl4N4O2. The number of carbonyl (C=O) groups is 2. The molecule has 0 radical (unpaired) electrons. The van der Waals surface area contributed by atoms with Crippen molar-refractivity contribution in [3.05, 3.63) is 0 Å². The minimum absolute atomic E-state index is 0.191. The molecule has 0 saturated carbocycles. The molecule has 0 spiro atoms. The SMILES string of the molecule is NC(Cl)(Cl)CC(=O)NCCNC(=O)CC(N)(Cl)Cl. The number of hydrogen-bond acceptors (Lipinski definition) is 4. The summed E-state index contributed by atoms with van der Waals surface area (Å²) in [7, 11) is 0. The van der Waals surface area contributed by atoms with Crippen molar-refractivity contribution in [3.63, 3.8) is 0 Å². The highest BCUT2D eigenvalue weighted by Crippen LogP contribution is 2.17. The normalized spacial score (nSPS) is 12.1. The number of carbonyl (C=O) groups excluding carboxylic acids is 2. The molecule has 0 saturated heterocycles.